The average molecular weight is 214 g/mol. The van der Waals surface area contributed by atoms with Gasteiger partial charge in [-0.15, -0.1) is 0 Å². The Hall–Kier alpha value is -1.83. The third-order valence-corrected chi connectivity index (χ3v) is 2.74. The molecule has 0 saturated heterocycles. The van der Waals surface area contributed by atoms with E-state index < -0.39 is 0 Å². The average Bonchev–Trinajstić information content (AvgIpc) is 2.61. The fourth-order valence-corrected chi connectivity index (χ4v) is 1.81. The third-order valence-electron chi connectivity index (χ3n) is 2.74. The van der Waals surface area contributed by atoms with E-state index in [1.807, 2.05) is 30.3 Å². The Morgan fingerprint density at radius 2 is 2.19 bits per heavy atom. The van der Waals surface area contributed by atoms with E-state index in [4.69, 9.17) is 4.74 Å². The predicted molar refractivity (Wildman–Crippen MR) is 64.4 cm³/mol. The first kappa shape index (κ1) is 10.7. The smallest absolute Gasteiger partial charge is 0.184 e. The second-order valence-corrected chi connectivity index (χ2v) is 3.88. The maximum Gasteiger partial charge on any atom is 0.184 e. The van der Waals surface area contributed by atoms with Gasteiger partial charge in [-0.1, -0.05) is 18.7 Å². The van der Waals surface area contributed by atoms with Crippen LogP contribution in [-0.4, -0.2) is 12.9 Å². The number of allylic oxidation sites excluding steroid dienone is 2. The fourth-order valence-electron chi connectivity index (χ4n) is 1.81. The highest BCUT2D eigenvalue weighted by molar-refractivity contribution is 6.12. The van der Waals surface area contributed by atoms with Crippen LogP contribution in [0.3, 0.4) is 0 Å². The lowest BCUT2D eigenvalue weighted by molar-refractivity contribution is -0.111. The Labute approximate surface area is 95.2 Å². The van der Waals surface area contributed by atoms with Crippen LogP contribution in [0, 0.1) is 0 Å². The molecule has 0 heterocycles. The van der Waals surface area contributed by atoms with Crippen molar-refractivity contribution in [1.29, 1.82) is 0 Å². The highest BCUT2D eigenvalue weighted by atomic mass is 16.5. The number of rotatable bonds is 2. The lowest BCUT2D eigenvalue weighted by Crippen LogP contribution is -1.93. The highest BCUT2D eigenvalue weighted by Gasteiger charge is 2.20. The van der Waals surface area contributed by atoms with E-state index >= 15 is 0 Å². The van der Waals surface area contributed by atoms with E-state index in [2.05, 4.69) is 6.58 Å². The molecule has 0 amide bonds. The number of ketones is 1. The monoisotopic (exact) mass is 214 g/mol. The molecule has 2 rings (SSSR count). The number of methoxy groups -OCH3 is 1. The summed E-state index contributed by atoms with van der Waals surface area (Å²) in [6.07, 6.45) is 3.51. The van der Waals surface area contributed by atoms with Crippen molar-refractivity contribution in [3.8, 4) is 5.75 Å². The van der Waals surface area contributed by atoms with Crippen molar-refractivity contribution >= 4 is 11.9 Å². The fraction of sp³-hybridized carbons (Fsp3) is 0.214. The molecule has 1 aromatic rings. The number of carbonyl (C=O) groups is 1. The summed E-state index contributed by atoms with van der Waals surface area (Å²) in [4.78, 5) is 11.7. The van der Waals surface area contributed by atoms with Gasteiger partial charge < -0.3 is 4.74 Å². The molecule has 0 N–H and O–H groups in total. The number of ether oxygens (including phenoxy) is 1. The molecule has 1 aromatic carbocycles. The number of carbonyl (C=O) groups excluding carboxylic acids is 1. The zero-order valence-electron chi connectivity index (χ0n) is 9.32. The maximum absolute atomic E-state index is 11.7. The molecular formula is C14H14O2. The zero-order chi connectivity index (χ0) is 11.5. The molecule has 0 radical (unpaired) electrons. The third kappa shape index (κ3) is 2.06. The van der Waals surface area contributed by atoms with E-state index in [0.29, 0.717) is 5.57 Å². The second-order valence-electron chi connectivity index (χ2n) is 3.88. The summed E-state index contributed by atoms with van der Waals surface area (Å²) in [7, 11) is 1.63. The van der Waals surface area contributed by atoms with Gasteiger partial charge in [-0.25, -0.2) is 0 Å². The SMILES string of the molecule is C=C1CCC(=Cc2cccc(OC)c2)C1=O. The summed E-state index contributed by atoms with van der Waals surface area (Å²) in [6.45, 7) is 3.75. The Morgan fingerprint density at radius 1 is 1.38 bits per heavy atom. The van der Waals surface area contributed by atoms with Gasteiger partial charge in [0.25, 0.3) is 0 Å². The van der Waals surface area contributed by atoms with Crippen LogP contribution in [0.15, 0.2) is 42.0 Å². The van der Waals surface area contributed by atoms with Crippen molar-refractivity contribution in [3.05, 3.63) is 47.6 Å². The normalized spacial score (nSPS) is 18.2. The van der Waals surface area contributed by atoms with Crippen LogP contribution in [0.1, 0.15) is 18.4 Å². The van der Waals surface area contributed by atoms with Gasteiger partial charge in [0.15, 0.2) is 5.78 Å². The van der Waals surface area contributed by atoms with Crippen molar-refractivity contribution in [2.45, 2.75) is 12.8 Å². The first-order valence-electron chi connectivity index (χ1n) is 5.28. The van der Waals surface area contributed by atoms with E-state index in [9.17, 15) is 4.79 Å². The van der Waals surface area contributed by atoms with Gasteiger partial charge in [-0.2, -0.15) is 0 Å². The zero-order valence-corrected chi connectivity index (χ0v) is 9.32. The minimum absolute atomic E-state index is 0.0998. The lowest BCUT2D eigenvalue weighted by atomic mass is 10.1. The van der Waals surface area contributed by atoms with Crippen LogP contribution in [0.5, 0.6) is 5.75 Å². The molecular weight excluding hydrogens is 200 g/mol. The minimum Gasteiger partial charge on any atom is -0.497 e. The largest absolute Gasteiger partial charge is 0.497 e. The summed E-state index contributed by atoms with van der Waals surface area (Å²) in [6, 6.07) is 7.68. The van der Waals surface area contributed by atoms with Crippen molar-refractivity contribution in [2.24, 2.45) is 0 Å². The first-order valence-corrected chi connectivity index (χ1v) is 5.28. The molecule has 0 aromatic heterocycles. The highest BCUT2D eigenvalue weighted by Crippen LogP contribution is 2.27. The lowest BCUT2D eigenvalue weighted by Gasteiger charge is -2.01. The molecule has 0 atom stereocenters. The van der Waals surface area contributed by atoms with Crippen LogP contribution in [0.25, 0.3) is 6.08 Å². The van der Waals surface area contributed by atoms with E-state index in [1.54, 1.807) is 7.11 Å². The quantitative estimate of drug-likeness (QED) is 0.707. The van der Waals surface area contributed by atoms with Crippen molar-refractivity contribution in [1.82, 2.24) is 0 Å². The molecule has 0 unspecified atom stereocenters. The number of benzene rings is 1. The molecule has 1 aliphatic rings. The molecule has 2 heteroatoms. The Kier molecular flexibility index (Phi) is 2.91. The van der Waals surface area contributed by atoms with Gasteiger partial charge in [-0.3, -0.25) is 4.79 Å². The summed E-state index contributed by atoms with van der Waals surface area (Å²) in [5, 5.41) is 0. The van der Waals surface area contributed by atoms with Gasteiger partial charge in [0.2, 0.25) is 0 Å². The number of hydrogen-bond acceptors (Lipinski definition) is 2. The predicted octanol–water partition coefficient (Wildman–Crippen LogP) is 3.00. The molecule has 16 heavy (non-hydrogen) atoms. The van der Waals surface area contributed by atoms with Crippen LogP contribution < -0.4 is 4.74 Å². The van der Waals surface area contributed by atoms with E-state index in [0.717, 1.165) is 29.7 Å². The van der Waals surface area contributed by atoms with Gasteiger partial charge in [0.1, 0.15) is 5.75 Å². The summed E-state index contributed by atoms with van der Waals surface area (Å²) >= 11 is 0. The van der Waals surface area contributed by atoms with Crippen LogP contribution in [0.2, 0.25) is 0 Å². The van der Waals surface area contributed by atoms with Crippen molar-refractivity contribution in [3.63, 3.8) is 0 Å². The molecule has 1 aliphatic carbocycles. The van der Waals surface area contributed by atoms with Crippen LogP contribution >= 0.6 is 0 Å². The summed E-state index contributed by atoms with van der Waals surface area (Å²) < 4.78 is 5.14. The van der Waals surface area contributed by atoms with Gasteiger partial charge >= 0.3 is 0 Å². The van der Waals surface area contributed by atoms with Gasteiger partial charge in [0.05, 0.1) is 7.11 Å². The number of Topliss-reactive ketones (excluding diaryl/α,β-unsaturated/α-hetero) is 1. The van der Waals surface area contributed by atoms with Crippen LogP contribution in [-0.2, 0) is 4.79 Å². The first-order chi connectivity index (χ1) is 7.70. The molecule has 1 fully saturated rings. The standard InChI is InChI=1S/C14H14O2/c1-10-6-7-12(14(10)15)8-11-4-3-5-13(9-11)16-2/h3-5,8-9H,1,6-7H2,2H3. The maximum atomic E-state index is 11.7. The molecule has 0 bridgehead atoms. The van der Waals surface area contributed by atoms with Gasteiger partial charge in [0, 0.05) is 5.57 Å². The Morgan fingerprint density at radius 3 is 2.81 bits per heavy atom. The Bertz CT molecular complexity index is 469. The molecule has 82 valence electrons. The topological polar surface area (TPSA) is 26.3 Å². The van der Waals surface area contributed by atoms with Crippen molar-refractivity contribution < 1.29 is 9.53 Å². The van der Waals surface area contributed by atoms with Crippen molar-refractivity contribution in [2.75, 3.05) is 7.11 Å². The molecule has 1 saturated carbocycles. The second kappa shape index (κ2) is 4.35. The van der Waals surface area contributed by atoms with E-state index in [-0.39, 0.29) is 5.78 Å². The molecule has 2 nitrogen and oxygen atoms in total. The minimum atomic E-state index is 0.0998. The molecule has 0 aliphatic heterocycles. The summed E-state index contributed by atoms with van der Waals surface area (Å²) in [5.41, 5.74) is 2.56. The summed E-state index contributed by atoms with van der Waals surface area (Å²) in [5.74, 6) is 0.904. The van der Waals surface area contributed by atoms with Crippen LogP contribution in [0.4, 0.5) is 0 Å². The number of hydrogen-bond donors (Lipinski definition) is 0. The van der Waals surface area contributed by atoms with Gasteiger partial charge in [-0.05, 0) is 42.2 Å². The Balaban J connectivity index is 2.29. The van der Waals surface area contributed by atoms with E-state index in [1.165, 1.54) is 0 Å². The molecule has 0 spiro atoms.